The number of nitrogens with one attached hydrogen (secondary N) is 2. The van der Waals surface area contributed by atoms with Gasteiger partial charge in [0, 0.05) is 53.1 Å². The minimum absolute atomic E-state index is 0.0599. The fourth-order valence-electron chi connectivity index (χ4n) is 4.94. The lowest BCUT2D eigenvalue weighted by Gasteiger charge is -2.40. The zero-order valence-corrected chi connectivity index (χ0v) is 23.2. The number of carbonyl (C=O) groups excluding carboxylic acids is 1. The van der Waals surface area contributed by atoms with Crippen LogP contribution in [0.25, 0.3) is 0 Å². The molecule has 4 N–H and O–H groups in total. The second kappa shape index (κ2) is 11.9. The molecule has 1 aliphatic heterocycles. The van der Waals surface area contributed by atoms with E-state index < -0.39 is 35.3 Å². The first-order chi connectivity index (χ1) is 17.8. The van der Waals surface area contributed by atoms with E-state index in [1.165, 1.54) is 52.7 Å². The number of aryl methyl sites for hydroxylation is 1. The van der Waals surface area contributed by atoms with E-state index in [0.717, 1.165) is 6.07 Å². The van der Waals surface area contributed by atoms with Crippen molar-refractivity contribution in [3.05, 3.63) is 99.0 Å². The van der Waals surface area contributed by atoms with E-state index >= 15 is 4.39 Å². The van der Waals surface area contributed by atoms with Crippen LogP contribution in [0.1, 0.15) is 32.8 Å². The molecule has 0 bridgehead atoms. The molecule has 10 heteroatoms. The van der Waals surface area contributed by atoms with E-state index in [1.807, 2.05) is 20.8 Å². The number of allylic oxidation sites excluding steroid dienone is 3. The van der Waals surface area contributed by atoms with Crippen LogP contribution in [-0.4, -0.2) is 22.6 Å². The maximum atomic E-state index is 15.5. The number of rotatable bonds is 7. The van der Waals surface area contributed by atoms with Gasteiger partial charge in [0.1, 0.15) is 5.82 Å². The highest BCUT2D eigenvalue weighted by atomic mass is 35.5. The number of nitrogens with two attached hydrogens (primary N) is 1. The molecule has 1 aromatic carbocycles. The van der Waals surface area contributed by atoms with Crippen LogP contribution in [0.5, 0.6) is 0 Å². The largest absolute Gasteiger partial charge is 0.324 e. The zero-order valence-electron chi connectivity index (χ0n) is 21.6. The maximum Gasteiger partial charge on any atom is 0.252 e. The van der Waals surface area contributed by atoms with E-state index in [2.05, 4.69) is 10.6 Å². The molecule has 1 amide bonds. The van der Waals surface area contributed by atoms with Crippen molar-refractivity contribution in [2.75, 3.05) is 5.32 Å². The molecule has 2 aromatic rings. The Bertz CT molecular complexity index is 1330. The molecule has 4 atom stereocenters. The van der Waals surface area contributed by atoms with Gasteiger partial charge in [-0.3, -0.25) is 9.59 Å². The molecular formula is C28H32Cl2F2N4O2. The van der Waals surface area contributed by atoms with Gasteiger partial charge in [0.05, 0.1) is 17.9 Å². The number of hydrogen-bond acceptors (Lipinski definition) is 4. The molecule has 3 rings (SSSR count). The minimum Gasteiger partial charge on any atom is -0.324 e. The molecule has 0 radical (unpaired) electrons. The highest BCUT2D eigenvalue weighted by molar-refractivity contribution is 6.30. The third-order valence-corrected chi connectivity index (χ3v) is 7.01. The normalized spacial score (nSPS) is 24.4. The molecule has 38 heavy (non-hydrogen) atoms. The number of aromatic nitrogens is 1. The Morgan fingerprint density at radius 3 is 2.55 bits per heavy atom. The van der Waals surface area contributed by atoms with Crippen LogP contribution in [0, 0.1) is 17.2 Å². The van der Waals surface area contributed by atoms with Crippen molar-refractivity contribution < 1.29 is 13.6 Å². The number of nitrogens with zero attached hydrogens (tertiary/aromatic N) is 1. The van der Waals surface area contributed by atoms with Gasteiger partial charge in [0.25, 0.3) is 5.56 Å². The number of halogens is 4. The van der Waals surface area contributed by atoms with E-state index in [0.29, 0.717) is 12.8 Å². The molecule has 1 fully saturated rings. The lowest BCUT2D eigenvalue weighted by molar-refractivity contribution is -0.118. The van der Waals surface area contributed by atoms with Gasteiger partial charge in [-0.1, -0.05) is 68.3 Å². The van der Waals surface area contributed by atoms with Gasteiger partial charge in [-0.25, -0.2) is 8.78 Å². The van der Waals surface area contributed by atoms with Crippen molar-refractivity contribution in [3.63, 3.8) is 0 Å². The van der Waals surface area contributed by atoms with Crippen molar-refractivity contribution in [2.24, 2.45) is 24.1 Å². The van der Waals surface area contributed by atoms with Crippen LogP contribution < -0.4 is 21.9 Å². The smallest absolute Gasteiger partial charge is 0.252 e. The van der Waals surface area contributed by atoms with Gasteiger partial charge in [0.2, 0.25) is 5.91 Å². The summed E-state index contributed by atoms with van der Waals surface area (Å²) in [6, 6.07) is 5.25. The summed E-state index contributed by atoms with van der Waals surface area (Å²) in [6.45, 7) is 5.98. The quantitative estimate of drug-likeness (QED) is 0.386. The van der Waals surface area contributed by atoms with E-state index in [4.69, 9.17) is 28.9 Å². The van der Waals surface area contributed by atoms with Gasteiger partial charge in [0.15, 0.2) is 0 Å². The van der Waals surface area contributed by atoms with Gasteiger partial charge in [-0.05, 0) is 35.6 Å². The molecule has 6 nitrogen and oxygen atoms in total. The van der Waals surface area contributed by atoms with Crippen LogP contribution in [-0.2, 0) is 17.4 Å². The number of pyridine rings is 1. The molecule has 1 saturated heterocycles. The number of anilines is 1. The molecule has 204 valence electrons. The molecule has 2 heterocycles. The summed E-state index contributed by atoms with van der Waals surface area (Å²) >= 11 is 11.7. The summed E-state index contributed by atoms with van der Waals surface area (Å²) in [5.74, 6) is -2.27. The van der Waals surface area contributed by atoms with Gasteiger partial charge in [-0.2, -0.15) is 0 Å². The van der Waals surface area contributed by atoms with Crippen molar-refractivity contribution in [1.82, 2.24) is 9.88 Å². The Morgan fingerprint density at radius 1 is 1.26 bits per heavy atom. The van der Waals surface area contributed by atoms with E-state index in [1.54, 1.807) is 13.1 Å². The Morgan fingerprint density at radius 2 is 1.97 bits per heavy atom. The van der Waals surface area contributed by atoms with Crippen molar-refractivity contribution in [3.8, 4) is 0 Å². The van der Waals surface area contributed by atoms with Crippen LogP contribution in [0.3, 0.4) is 0 Å². The van der Waals surface area contributed by atoms with E-state index in [9.17, 15) is 14.0 Å². The lowest BCUT2D eigenvalue weighted by Crippen LogP contribution is -2.53. The standard InChI is InChI=1S/C28H32Cl2F2N4O2/c1-27(2,3)15-22-28(33,20-9-8-18(30)13-21(20)32)24(17(16-31)7-5-6-11-29)25(35-22)26(38)34-19-10-12-36(4)23(37)14-19/h5-14,16,22,24-25,35H,15,33H2,1-4H3,(H,34,38)/b7-5-,11-6+,17-16-/t22-,24-,25+,28+/m0/s1. The number of benzene rings is 1. The van der Waals surface area contributed by atoms with Crippen molar-refractivity contribution in [2.45, 2.75) is 44.8 Å². The number of amides is 1. The van der Waals surface area contributed by atoms with Gasteiger partial charge >= 0.3 is 0 Å². The first-order valence-corrected chi connectivity index (χ1v) is 12.8. The fourth-order valence-corrected chi connectivity index (χ4v) is 5.18. The predicted octanol–water partition coefficient (Wildman–Crippen LogP) is 5.53. The third-order valence-electron chi connectivity index (χ3n) is 6.63. The van der Waals surface area contributed by atoms with Crippen LogP contribution in [0.15, 0.2) is 77.0 Å². The Labute approximate surface area is 231 Å². The fraction of sp³-hybridized carbons (Fsp3) is 0.357. The number of hydrogen-bond donors (Lipinski definition) is 3. The maximum absolute atomic E-state index is 15.5. The van der Waals surface area contributed by atoms with Crippen molar-refractivity contribution >= 4 is 34.8 Å². The summed E-state index contributed by atoms with van der Waals surface area (Å²) < 4.78 is 31.4. The minimum atomic E-state index is -1.57. The van der Waals surface area contributed by atoms with Crippen LogP contribution >= 0.6 is 23.2 Å². The molecular weight excluding hydrogens is 533 g/mol. The average molecular weight is 565 g/mol. The van der Waals surface area contributed by atoms with Crippen molar-refractivity contribution in [1.29, 1.82) is 0 Å². The Balaban J connectivity index is 2.20. The summed E-state index contributed by atoms with van der Waals surface area (Å²) in [7, 11) is 1.59. The summed E-state index contributed by atoms with van der Waals surface area (Å²) in [4.78, 5) is 25.8. The monoisotopic (exact) mass is 564 g/mol. The second-order valence-electron chi connectivity index (χ2n) is 10.6. The Hall–Kier alpha value is -2.78. The molecule has 1 aromatic heterocycles. The first-order valence-electron chi connectivity index (χ1n) is 12.0. The molecule has 0 saturated carbocycles. The second-order valence-corrected chi connectivity index (χ2v) is 11.3. The molecule has 0 unspecified atom stereocenters. The topological polar surface area (TPSA) is 89.2 Å². The zero-order chi connectivity index (χ0) is 28.3. The van der Waals surface area contributed by atoms with Crippen LogP contribution in [0.4, 0.5) is 14.5 Å². The van der Waals surface area contributed by atoms with E-state index in [-0.39, 0.29) is 32.8 Å². The molecule has 0 aliphatic carbocycles. The SMILES string of the molecule is Cn1ccc(NC(=O)[C@@H]2N[C@@H](CC(C)(C)C)[C@](N)(c3ccc(Cl)cc3F)[C@H]2C(/C=C\C=C\Cl)=C\F)cc1=O. The van der Waals surface area contributed by atoms with Gasteiger partial charge in [-0.15, -0.1) is 0 Å². The van der Waals surface area contributed by atoms with Gasteiger partial charge < -0.3 is 20.9 Å². The summed E-state index contributed by atoms with van der Waals surface area (Å²) in [5, 5.41) is 6.18. The third kappa shape index (κ3) is 6.43. The Kier molecular flexibility index (Phi) is 9.36. The first kappa shape index (κ1) is 29.8. The molecule has 1 aliphatic rings. The van der Waals surface area contributed by atoms with Crippen LogP contribution in [0.2, 0.25) is 5.02 Å². The molecule has 0 spiro atoms. The predicted molar refractivity (Wildman–Crippen MR) is 149 cm³/mol. The summed E-state index contributed by atoms with van der Waals surface area (Å²) in [5.41, 5.74) is 6.61. The highest BCUT2D eigenvalue weighted by Crippen LogP contribution is 2.47. The summed E-state index contributed by atoms with van der Waals surface area (Å²) in [6.07, 6.45) is 6.74. The highest BCUT2D eigenvalue weighted by Gasteiger charge is 2.58. The lowest BCUT2D eigenvalue weighted by atomic mass is 9.68. The average Bonchev–Trinajstić information content (AvgIpc) is 3.10. The number of carbonyl (C=O) groups is 1.